The number of unbranched alkanes of at least 4 members (excludes halogenated alkanes) is 1. The van der Waals surface area contributed by atoms with Gasteiger partial charge in [0.2, 0.25) is 17.7 Å². The molecule has 6 fully saturated rings. The summed E-state index contributed by atoms with van der Waals surface area (Å²) in [6, 6.07) is 39.0. The van der Waals surface area contributed by atoms with E-state index in [-0.39, 0.29) is 80.5 Å². The van der Waals surface area contributed by atoms with E-state index in [1.165, 1.54) is 12.8 Å². The zero-order valence-corrected chi connectivity index (χ0v) is 64.2. The second-order valence-corrected chi connectivity index (χ2v) is 30.6. The van der Waals surface area contributed by atoms with E-state index >= 15 is 0 Å². The quantitative estimate of drug-likeness (QED) is 0.0804. The number of pyridine rings is 3. The number of likely N-dealkylation sites (N-methyl/N-ethyl adjacent to an activating group) is 3. The Morgan fingerprint density at radius 2 is 0.915 bits per heavy atom. The van der Waals surface area contributed by atoms with Crippen LogP contribution < -0.4 is 55.1 Å². The van der Waals surface area contributed by atoms with Gasteiger partial charge in [-0.3, -0.25) is 24.2 Å². The third kappa shape index (κ3) is 17.5. The fourth-order valence-electron chi connectivity index (χ4n) is 13.7. The van der Waals surface area contributed by atoms with E-state index in [0.29, 0.717) is 36.1 Å². The van der Waals surface area contributed by atoms with Crippen LogP contribution >= 0.6 is 15.9 Å². The predicted molar refractivity (Wildman–Crippen MR) is 417 cm³/mol. The van der Waals surface area contributed by atoms with Gasteiger partial charge in [0.15, 0.2) is 17.5 Å². The topological polar surface area (TPSA) is 262 Å². The van der Waals surface area contributed by atoms with Crippen LogP contribution in [0, 0.1) is 0 Å². The Morgan fingerprint density at radius 1 is 0.519 bits per heavy atom. The molecule has 27 heteroatoms. The van der Waals surface area contributed by atoms with E-state index in [2.05, 4.69) is 58.5 Å². The number of nitrogens with zero attached hydrogens (tertiary/aromatic N) is 13. The van der Waals surface area contributed by atoms with Crippen molar-refractivity contribution < 1.29 is 47.8 Å². The maximum Gasteiger partial charge on any atom is 0.418 e. The van der Waals surface area contributed by atoms with Crippen molar-refractivity contribution in [2.75, 3.05) is 93.6 Å². The number of fused-ring (bicyclic) bond motifs is 3. The highest BCUT2D eigenvalue weighted by atomic mass is 79.9. The predicted octanol–water partition coefficient (Wildman–Crippen LogP) is 13.5. The third-order valence-corrected chi connectivity index (χ3v) is 20.0. The molecule has 3 saturated carbocycles. The van der Waals surface area contributed by atoms with Gasteiger partial charge in [-0.05, 0) is 190 Å². The van der Waals surface area contributed by atoms with Gasteiger partial charge < -0.3 is 54.8 Å². The van der Waals surface area contributed by atoms with Crippen LogP contribution in [0.25, 0.3) is 0 Å². The number of carbonyl (C=O) groups excluding carboxylic acids is 8. The molecule has 3 aromatic heterocycles. The van der Waals surface area contributed by atoms with Crippen molar-refractivity contribution in [3.63, 3.8) is 0 Å². The fraction of sp³-hybridized carbons (Fsp3) is 0.481. The Balaban J connectivity index is 0.000000152. The Hall–Kier alpha value is -9.89. The number of ether oxygens (including phenoxy) is 2. The van der Waals surface area contributed by atoms with Gasteiger partial charge >= 0.3 is 30.3 Å². The summed E-state index contributed by atoms with van der Waals surface area (Å²) in [5, 5.41) is 8.78. The maximum atomic E-state index is 13.6. The third-order valence-electron chi connectivity index (χ3n) is 19.5. The smallest absolute Gasteiger partial charge is 0.418 e. The minimum Gasteiger partial charge on any atom is -0.443 e. The van der Waals surface area contributed by atoms with E-state index in [9.17, 15) is 38.4 Å². The lowest BCUT2D eigenvalue weighted by Gasteiger charge is -2.40. The van der Waals surface area contributed by atoms with Crippen LogP contribution in [-0.2, 0) is 23.9 Å². The van der Waals surface area contributed by atoms with Crippen molar-refractivity contribution in [2.24, 2.45) is 0 Å². The lowest BCUT2D eigenvalue weighted by molar-refractivity contribution is -0.120. The number of rotatable bonds is 11. The summed E-state index contributed by atoms with van der Waals surface area (Å²) in [7, 11) is 7.34. The summed E-state index contributed by atoms with van der Waals surface area (Å²) < 4.78 is 11.5. The van der Waals surface area contributed by atoms with Gasteiger partial charge in [0.25, 0.3) is 0 Å². The first-order chi connectivity index (χ1) is 50.0. The Labute approximate surface area is 631 Å². The van der Waals surface area contributed by atoms with Gasteiger partial charge in [0.05, 0.1) is 48.3 Å². The molecule has 0 bridgehead atoms. The summed E-state index contributed by atoms with van der Waals surface area (Å²) in [6.07, 6.45) is 7.79. The highest BCUT2D eigenvalue weighted by molar-refractivity contribution is 9.10. The van der Waals surface area contributed by atoms with E-state index < -0.39 is 41.5 Å². The van der Waals surface area contributed by atoms with E-state index in [4.69, 9.17) is 19.4 Å². The summed E-state index contributed by atoms with van der Waals surface area (Å²) in [5.41, 5.74) is 4.03. The second-order valence-electron chi connectivity index (χ2n) is 29.7. The van der Waals surface area contributed by atoms with Crippen LogP contribution in [0.15, 0.2) is 132 Å². The molecule has 6 unspecified atom stereocenters. The van der Waals surface area contributed by atoms with Crippen molar-refractivity contribution in [1.82, 2.24) is 40.7 Å². The lowest BCUT2D eigenvalue weighted by Crippen LogP contribution is -2.52. The second kappa shape index (κ2) is 32.9. The molecule has 6 atom stereocenters. The number of nitrogens with one attached hydrogen (secondary N) is 3. The average molecular weight is 1520 g/mol. The van der Waals surface area contributed by atoms with Gasteiger partial charge in [0.1, 0.15) is 45.6 Å². The molecule has 3 saturated heterocycles. The fourth-order valence-corrected chi connectivity index (χ4v) is 14.0. The van der Waals surface area contributed by atoms with Crippen molar-refractivity contribution in [3.05, 3.63) is 149 Å². The van der Waals surface area contributed by atoms with Gasteiger partial charge in [-0.15, -0.1) is 0 Å². The molecule has 11 amide bonds. The van der Waals surface area contributed by atoms with Crippen LogP contribution in [0.4, 0.5) is 70.1 Å². The molecule has 0 radical (unpaired) electrons. The van der Waals surface area contributed by atoms with Gasteiger partial charge in [-0.2, -0.15) is 0 Å². The van der Waals surface area contributed by atoms with Gasteiger partial charge in [0, 0.05) is 45.8 Å². The summed E-state index contributed by atoms with van der Waals surface area (Å²) in [6.45, 7) is 20.8. The van der Waals surface area contributed by atoms with Gasteiger partial charge in [-0.25, -0.2) is 48.7 Å². The molecule has 3 aromatic carbocycles. The molecule has 3 N–H and O–H groups in total. The summed E-state index contributed by atoms with van der Waals surface area (Å²) in [5.74, 6) is 3.71. The number of urea groups is 3. The number of carbonyl (C=O) groups is 8. The average Bonchev–Trinajstić information content (AvgIpc) is 1.46. The number of halogens is 1. The monoisotopic (exact) mass is 1510 g/mol. The maximum absolute atomic E-state index is 13.6. The Kier molecular flexibility index (Phi) is 24.4. The molecular formula is C79H103BrN16O10. The highest BCUT2D eigenvalue weighted by Crippen LogP contribution is 2.47. The molecule has 9 aliphatic rings. The lowest BCUT2D eigenvalue weighted by atomic mass is 10.1. The number of aromatic nitrogens is 3. The molecule has 6 aliphatic heterocycles. The van der Waals surface area contributed by atoms with Crippen LogP contribution in [0.3, 0.4) is 0 Å². The van der Waals surface area contributed by atoms with Crippen LogP contribution in [-0.4, -0.2) is 175 Å². The number of hydrogen-bond acceptors (Lipinski definition) is 17. The van der Waals surface area contributed by atoms with Crippen molar-refractivity contribution in [1.29, 1.82) is 0 Å². The number of hydrogen-bond donors (Lipinski definition) is 3. The first-order valence-electron chi connectivity index (χ1n) is 36.4. The van der Waals surface area contributed by atoms with Crippen molar-refractivity contribution in [3.8, 4) is 0 Å². The summed E-state index contributed by atoms with van der Waals surface area (Å²) >= 11 is 3.40. The standard InChI is InChI=1S/C26H31N5O4.C21H23N5O2.C14H18N2O3.C12H14BrN3O.C5H13N.CH4/c1-16-23(32)28(5)19-13-14-21(27-22(19)30(16)18-11-12-18)31-20(17-9-7-6-8-10-17)15-29(24(31)33)25(34)35-26(2,3)4;1-13-20(27)24(2)16-10-11-18(23-19(16)25(13)15-8-9-15)26-17(12-22-21(26)28)14-6-4-3-5-7-14;1-14(2,3)19-13(18)16-9-11(15-12(16)17)10-7-5-4-6-8-10;1-7-12(17)15(2)9-5-6-10(13)14-11(9)16(7)8-3-4-8;1-3-4-5-6-2;/h6-10,13-14,16,18,20H,11-12,15H2,1-5H3;3-7,10-11,13,15,17H,8-9,12H2,1-2H3,(H,22,28);4-8,11H,9H2,1-3H3,(H,15,17);5-8H,3-4H2,1-2H3;6H,3-5H2,1-2H3;1H4. The first kappa shape index (κ1) is 78.7. The van der Waals surface area contributed by atoms with Crippen molar-refractivity contribution >= 4 is 110 Å². The zero-order chi connectivity index (χ0) is 75.5. The normalized spacial score (nSPS) is 21.7. The van der Waals surface area contributed by atoms with Crippen molar-refractivity contribution in [2.45, 2.75) is 194 Å². The van der Waals surface area contributed by atoms with E-state index in [0.717, 1.165) is 105 Å². The number of imide groups is 2. The Bertz CT molecular complexity index is 4170. The molecule has 15 rings (SSSR count). The molecule has 6 aromatic rings. The Morgan fingerprint density at radius 3 is 1.32 bits per heavy atom. The number of amides is 11. The van der Waals surface area contributed by atoms with Crippen LogP contribution in [0.1, 0.15) is 163 Å². The molecule has 566 valence electrons. The molecule has 0 spiro atoms. The molecule has 9 heterocycles. The minimum absolute atomic E-state index is 0. The largest absolute Gasteiger partial charge is 0.443 e. The van der Waals surface area contributed by atoms with Gasteiger partial charge in [-0.1, -0.05) is 112 Å². The molecular weight excluding hydrogens is 1410 g/mol. The highest BCUT2D eigenvalue weighted by Gasteiger charge is 2.49. The SMILES string of the molecule is C.CC(C)(C)OC(=O)N1CC(c2ccccc2)NC1=O.CC1C(=O)N(C)c2ccc(Br)nc2N1C1CC1.CC1C(=O)N(C)c2ccc(N3C(=O)N(C(=O)OC(C)(C)C)CC3c3ccccc3)nc2N1C1CC1.CC1C(=O)N(C)c2ccc(N3C(=O)NCC3c3ccccc3)nc2N1C1CC1.CCCCNC. The van der Waals surface area contributed by atoms with Crippen LogP contribution in [0.5, 0.6) is 0 Å². The number of benzene rings is 3. The van der Waals surface area contributed by atoms with E-state index in [1.807, 2.05) is 156 Å². The molecule has 3 aliphatic carbocycles. The number of anilines is 8. The minimum atomic E-state index is -0.727. The molecule has 106 heavy (non-hydrogen) atoms. The zero-order valence-electron chi connectivity index (χ0n) is 62.6. The first-order valence-corrected chi connectivity index (χ1v) is 37.2. The molecule has 26 nitrogen and oxygen atoms in total. The summed E-state index contributed by atoms with van der Waals surface area (Å²) in [4.78, 5) is 132. The van der Waals surface area contributed by atoms with E-state index in [1.54, 1.807) is 86.2 Å². The van der Waals surface area contributed by atoms with Crippen LogP contribution in [0.2, 0.25) is 0 Å².